The number of likely N-dealkylation sites (tertiary alicyclic amines) is 1. The molecule has 1 fully saturated rings. The number of nitrogens with two attached hydrogens (primary N) is 1. The lowest BCUT2D eigenvalue weighted by molar-refractivity contribution is -0.133. The summed E-state index contributed by atoms with van der Waals surface area (Å²) in [6.45, 7) is 7.12. The number of carbonyl (C=O) groups excluding carboxylic acids is 1. The Morgan fingerprint density at radius 2 is 2.23 bits per heavy atom. The molecule has 0 spiro atoms. The summed E-state index contributed by atoms with van der Waals surface area (Å²) >= 11 is 0. The molecule has 0 aromatic heterocycles. The zero-order chi connectivity index (χ0) is 10.0. The van der Waals surface area contributed by atoms with Crippen LogP contribution in [0.25, 0.3) is 0 Å². The van der Waals surface area contributed by atoms with E-state index in [1.807, 2.05) is 11.8 Å². The first kappa shape index (κ1) is 10.5. The van der Waals surface area contributed by atoms with Crippen LogP contribution in [0.15, 0.2) is 0 Å². The van der Waals surface area contributed by atoms with E-state index in [-0.39, 0.29) is 11.9 Å². The minimum atomic E-state index is -0.298. The number of hydrogen-bond acceptors (Lipinski definition) is 2. The lowest BCUT2D eigenvalue weighted by Gasteiger charge is -2.24. The standard InChI is InChI=1S/C10H20N2O/c1-4-9(11)10(13)12-6-7(2)5-8(12)3/h7-9H,4-6,11H2,1-3H3/t7?,8?,9-/m0/s1. The second-order valence-electron chi connectivity index (χ2n) is 4.20. The van der Waals surface area contributed by atoms with Gasteiger partial charge in [-0.25, -0.2) is 0 Å². The highest BCUT2D eigenvalue weighted by Crippen LogP contribution is 2.22. The van der Waals surface area contributed by atoms with Crippen LogP contribution in [-0.2, 0) is 4.79 Å². The molecule has 3 atom stereocenters. The highest BCUT2D eigenvalue weighted by molar-refractivity contribution is 5.82. The molecule has 0 radical (unpaired) electrons. The Labute approximate surface area is 80.3 Å². The van der Waals surface area contributed by atoms with Gasteiger partial charge in [0, 0.05) is 12.6 Å². The normalized spacial score (nSPS) is 30.6. The maximum atomic E-state index is 11.7. The van der Waals surface area contributed by atoms with Crippen LogP contribution in [0.2, 0.25) is 0 Å². The van der Waals surface area contributed by atoms with E-state index in [0.717, 1.165) is 19.4 Å². The van der Waals surface area contributed by atoms with Gasteiger partial charge in [-0.15, -0.1) is 0 Å². The van der Waals surface area contributed by atoms with Gasteiger partial charge in [-0.3, -0.25) is 4.79 Å². The molecule has 0 aromatic carbocycles. The third-order valence-corrected chi connectivity index (χ3v) is 2.82. The van der Waals surface area contributed by atoms with Gasteiger partial charge in [0.2, 0.25) is 5.91 Å². The first-order valence-corrected chi connectivity index (χ1v) is 5.12. The summed E-state index contributed by atoms with van der Waals surface area (Å²) in [5.41, 5.74) is 5.71. The van der Waals surface area contributed by atoms with Gasteiger partial charge in [-0.1, -0.05) is 13.8 Å². The van der Waals surface area contributed by atoms with Gasteiger partial charge in [0.15, 0.2) is 0 Å². The Bertz CT molecular complexity index is 193. The van der Waals surface area contributed by atoms with Gasteiger partial charge in [-0.05, 0) is 25.7 Å². The van der Waals surface area contributed by atoms with Crippen LogP contribution in [0, 0.1) is 5.92 Å². The van der Waals surface area contributed by atoms with Crippen molar-refractivity contribution in [1.29, 1.82) is 0 Å². The van der Waals surface area contributed by atoms with E-state index in [9.17, 15) is 4.79 Å². The molecule has 3 nitrogen and oxygen atoms in total. The lowest BCUT2D eigenvalue weighted by Crippen LogP contribution is -2.44. The summed E-state index contributed by atoms with van der Waals surface area (Å²) in [6.07, 6.45) is 1.85. The predicted octanol–water partition coefficient (Wildman–Crippen LogP) is 0.981. The van der Waals surface area contributed by atoms with E-state index in [2.05, 4.69) is 13.8 Å². The summed E-state index contributed by atoms with van der Waals surface area (Å²) in [4.78, 5) is 13.7. The highest BCUT2D eigenvalue weighted by Gasteiger charge is 2.31. The molecule has 0 bridgehead atoms. The molecule has 2 N–H and O–H groups in total. The van der Waals surface area contributed by atoms with E-state index in [1.165, 1.54) is 0 Å². The fraction of sp³-hybridized carbons (Fsp3) is 0.900. The van der Waals surface area contributed by atoms with Gasteiger partial charge in [-0.2, -0.15) is 0 Å². The molecule has 13 heavy (non-hydrogen) atoms. The van der Waals surface area contributed by atoms with Crippen molar-refractivity contribution >= 4 is 5.91 Å². The van der Waals surface area contributed by atoms with Gasteiger partial charge >= 0.3 is 0 Å². The molecular formula is C10H20N2O. The van der Waals surface area contributed by atoms with Gasteiger partial charge in [0.25, 0.3) is 0 Å². The average Bonchev–Trinajstić information content (AvgIpc) is 2.42. The second-order valence-corrected chi connectivity index (χ2v) is 4.20. The largest absolute Gasteiger partial charge is 0.338 e. The van der Waals surface area contributed by atoms with E-state index in [4.69, 9.17) is 5.73 Å². The quantitative estimate of drug-likeness (QED) is 0.695. The molecule has 1 amide bonds. The summed E-state index contributed by atoms with van der Waals surface area (Å²) in [5, 5.41) is 0. The van der Waals surface area contributed by atoms with E-state index in [1.54, 1.807) is 0 Å². The summed E-state index contributed by atoms with van der Waals surface area (Å²) in [6, 6.07) is 0.0767. The van der Waals surface area contributed by atoms with Gasteiger partial charge < -0.3 is 10.6 Å². The maximum Gasteiger partial charge on any atom is 0.239 e. The van der Waals surface area contributed by atoms with Crippen molar-refractivity contribution in [1.82, 2.24) is 4.90 Å². The SMILES string of the molecule is CC[C@H](N)C(=O)N1CC(C)CC1C. The van der Waals surface area contributed by atoms with Crippen LogP contribution < -0.4 is 5.73 Å². The van der Waals surface area contributed by atoms with Crippen molar-refractivity contribution in [2.75, 3.05) is 6.54 Å². The lowest BCUT2D eigenvalue weighted by atomic mass is 10.1. The monoisotopic (exact) mass is 184 g/mol. The zero-order valence-corrected chi connectivity index (χ0v) is 8.79. The molecule has 76 valence electrons. The first-order valence-electron chi connectivity index (χ1n) is 5.12. The first-order chi connectivity index (χ1) is 6.06. The number of amides is 1. The van der Waals surface area contributed by atoms with Crippen molar-refractivity contribution in [2.45, 2.75) is 45.7 Å². The van der Waals surface area contributed by atoms with E-state index < -0.39 is 0 Å². The highest BCUT2D eigenvalue weighted by atomic mass is 16.2. The third-order valence-electron chi connectivity index (χ3n) is 2.82. The molecule has 0 aliphatic carbocycles. The Morgan fingerprint density at radius 1 is 1.62 bits per heavy atom. The van der Waals surface area contributed by atoms with Crippen molar-refractivity contribution in [3.8, 4) is 0 Å². The topological polar surface area (TPSA) is 46.3 Å². The molecule has 1 heterocycles. The van der Waals surface area contributed by atoms with Gasteiger partial charge in [0.1, 0.15) is 0 Å². The van der Waals surface area contributed by atoms with Crippen LogP contribution in [0.4, 0.5) is 0 Å². The Hall–Kier alpha value is -0.570. The maximum absolute atomic E-state index is 11.7. The number of nitrogens with zero attached hydrogens (tertiary/aromatic N) is 1. The molecular weight excluding hydrogens is 164 g/mol. The molecule has 1 rings (SSSR count). The molecule has 0 saturated carbocycles. The minimum Gasteiger partial charge on any atom is -0.338 e. The van der Waals surface area contributed by atoms with Crippen molar-refractivity contribution in [2.24, 2.45) is 11.7 Å². The molecule has 0 aromatic rings. The van der Waals surface area contributed by atoms with Crippen molar-refractivity contribution in [3.63, 3.8) is 0 Å². The van der Waals surface area contributed by atoms with Crippen LogP contribution >= 0.6 is 0 Å². The molecule has 1 aliphatic rings. The van der Waals surface area contributed by atoms with Crippen LogP contribution in [-0.4, -0.2) is 29.4 Å². The molecule has 2 unspecified atom stereocenters. The number of carbonyl (C=O) groups is 1. The fourth-order valence-electron chi connectivity index (χ4n) is 1.99. The average molecular weight is 184 g/mol. The van der Waals surface area contributed by atoms with Crippen LogP contribution in [0.5, 0.6) is 0 Å². The molecule has 1 aliphatic heterocycles. The van der Waals surface area contributed by atoms with E-state index in [0.29, 0.717) is 12.0 Å². The van der Waals surface area contributed by atoms with Crippen LogP contribution in [0.3, 0.4) is 0 Å². The van der Waals surface area contributed by atoms with E-state index >= 15 is 0 Å². The Balaban J connectivity index is 2.57. The van der Waals surface area contributed by atoms with Gasteiger partial charge in [0.05, 0.1) is 6.04 Å². The zero-order valence-electron chi connectivity index (χ0n) is 8.79. The summed E-state index contributed by atoms with van der Waals surface area (Å²) in [7, 11) is 0. The smallest absolute Gasteiger partial charge is 0.239 e. The Kier molecular flexibility index (Phi) is 3.31. The van der Waals surface area contributed by atoms with Crippen molar-refractivity contribution in [3.05, 3.63) is 0 Å². The summed E-state index contributed by atoms with van der Waals surface area (Å²) in [5.74, 6) is 0.752. The van der Waals surface area contributed by atoms with Crippen molar-refractivity contribution < 1.29 is 4.79 Å². The molecule has 1 saturated heterocycles. The summed E-state index contributed by atoms with van der Waals surface area (Å²) < 4.78 is 0. The molecule has 3 heteroatoms. The minimum absolute atomic E-state index is 0.124. The Morgan fingerprint density at radius 3 is 2.62 bits per heavy atom. The number of rotatable bonds is 2. The fourth-order valence-corrected chi connectivity index (χ4v) is 1.99. The number of hydrogen-bond donors (Lipinski definition) is 1. The van der Waals surface area contributed by atoms with Crippen LogP contribution in [0.1, 0.15) is 33.6 Å². The predicted molar refractivity (Wildman–Crippen MR) is 53.2 cm³/mol. The second kappa shape index (κ2) is 4.09. The third kappa shape index (κ3) is 2.21.